The van der Waals surface area contributed by atoms with Gasteiger partial charge in [0, 0.05) is 25.3 Å². The molecule has 2 aromatic rings. The Morgan fingerprint density at radius 3 is 2.80 bits per heavy atom. The highest BCUT2D eigenvalue weighted by Gasteiger charge is 2.33. The predicted molar refractivity (Wildman–Crippen MR) is 93.2 cm³/mol. The summed E-state index contributed by atoms with van der Waals surface area (Å²) in [5.41, 5.74) is 0.897. The molecular weight excluding hydrogens is 340 g/mol. The molecule has 0 aromatic carbocycles. The first-order valence-electron chi connectivity index (χ1n) is 8.49. The van der Waals surface area contributed by atoms with Crippen LogP contribution in [0.25, 0.3) is 10.6 Å². The van der Waals surface area contributed by atoms with Gasteiger partial charge in [-0.15, -0.1) is 11.3 Å². The van der Waals surface area contributed by atoms with Crippen molar-refractivity contribution in [1.82, 2.24) is 19.6 Å². The summed E-state index contributed by atoms with van der Waals surface area (Å²) in [5, 5.41) is 6.50. The van der Waals surface area contributed by atoms with Crippen LogP contribution in [0.4, 0.5) is 4.79 Å². The molecule has 0 atom stereocenters. The van der Waals surface area contributed by atoms with Gasteiger partial charge < -0.3 is 14.5 Å². The standard InChI is InChI=1S/C17H20N4O3S/c22-16(12-20-8-5-14(18-20)15-2-1-11-25-15)19-6-3-13(4-7-19)21-9-10-24-17(21)23/h1-2,5,8,11,13H,3-4,6-7,9-10,12H2. The quantitative estimate of drug-likeness (QED) is 0.837. The fourth-order valence-electron chi connectivity index (χ4n) is 3.41. The predicted octanol–water partition coefficient (Wildman–Crippen LogP) is 2.05. The zero-order valence-electron chi connectivity index (χ0n) is 13.8. The first-order valence-corrected chi connectivity index (χ1v) is 9.37. The molecule has 2 aliphatic rings. The summed E-state index contributed by atoms with van der Waals surface area (Å²) in [6.07, 6.45) is 3.24. The van der Waals surface area contributed by atoms with Crippen molar-refractivity contribution in [3.8, 4) is 10.6 Å². The molecule has 2 fully saturated rings. The summed E-state index contributed by atoms with van der Waals surface area (Å²) in [5.74, 6) is 0.0725. The van der Waals surface area contributed by atoms with Crippen LogP contribution in [0.15, 0.2) is 29.8 Å². The smallest absolute Gasteiger partial charge is 0.410 e. The largest absolute Gasteiger partial charge is 0.448 e. The first kappa shape index (κ1) is 16.1. The summed E-state index contributed by atoms with van der Waals surface area (Å²) >= 11 is 1.64. The van der Waals surface area contributed by atoms with Gasteiger partial charge in [-0.1, -0.05) is 6.07 Å². The summed E-state index contributed by atoms with van der Waals surface area (Å²) in [7, 11) is 0. The minimum absolute atomic E-state index is 0.0725. The van der Waals surface area contributed by atoms with E-state index in [1.807, 2.05) is 34.7 Å². The Labute approximate surface area is 149 Å². The van der Waals surface area contributed by atoms with Gasteiger partial charge in [0.05, 0.1) is 11.4 Å². The molecule has 0 radical (unpaired) electrons. The van der Waals surface area contributed by atoms with E-state index in [9.17, 15) is 9.59 Å². The van der Waals surface area contributed by atoms with Crippen LogP contribution in [-0.2, 0) is 16.1 Å². The number of thiophene rings is 1. The van der Waals surface area contributed by atoms with Gasteiger partial charge in [0.25, 0.3) is 0 Å². The molecule has 4 heterocycles. The third-order valence-electron chi connectivity index (χ3n) is 4.76. The van der Waals surface area contributed by atoms with Crippen molar-refractivity contribution < 1.29 is 14.3 Å². The number of nitrogens with zero attached hydrogens (tertiary/aromatic N) is 4. The second-order valence-electron chi connectivity index (χ2n) is 6.30. The van der Waals surface area contributed by atoms with Gasteiger partial charge in [0.2, 0.25) is 5.91 Å². The van der Waals surface area contributed by atoms with Crippen LogP contribution in [0.2, 0.25) is 0 Å². The topological polar surface area (TPSA) is 67.7 Å². The van der Waals surface area contributed by atoms with Crippen LogP contribution in [0.3, 0.4) is 0 Å². The highest BCUT2D eigenvalue weighted by molar-refractivity contribution is 7.13. The lowest BCUT2D eigenvalue weighted by molar-refractivity contribution is -0.133. The SMILES string of the molecule is O=C(Cn1ccc(-c2cccs2)n1)N1CCC(N2CCOC2=O)CC1. The Balaban J connectivity index is 1.31. The van der Waals surface area contributed by atoms with Gasteiger partial charge in [-0.05, 0) is 30.4 Å². The molecule has 2 saturated heterocycles. The van der Waals surface area contributed by atoms with E-state index in [2.05, 4.69) is 5.10 Å². The molecule has 2 aromatic heterocycles. The van der Waals surface area contributed by atoms with Crippen LogP contribution < -0.4 is 0 Å². The van der Waals surface area contributed by atoms with Crippen molar-refractivity contribution in [1.29, 1.82) is 0 Å². The molecule has 0 aliphatic carbocycles. The number of carbonyl (C=O) groups excluding carboxylic acids is 2. The number of likely N-dealkylation sites (tertiary alicyclic amines) is 1. The van der Waals surface area contributed by atoms with E-state index in [0.717, 1.165) is 23.4 Å². The van der Waals surface area contributed by atoms with E-state index in [4.69, 9.17) is 4.74 Å². The number of piperidine rings is 1. The van der Waals surface area contributed by atoms with E-state index < -0.39 is 0 Å². The lowest BCUT2D eigenvalue weighted by atomic mass is 10.0. The molecule has 0 unspecified atom stereocenters. The molecule has 4 rings (SSSR count). The minimum Gasteiger partial charge on any atom is -0.448 e. The van der Waals surface area contributed by atoms with Crippen LogP contribution in [0.5, 0.6) is 0 Å². The van der Waals surface area contributed by atoms with Gasteiger partial charge in [0.15, 0.2) is 0 Å². The van der Waals surface area contributed by atoms with Crippen molar-refractivity contribution in [2.45, 2.75) is 25.4 Å². The van der Waals surface area contributed by atoms with Gasteiger partial charge in [-0.3, -0.25) is 9.48 Å². The fraction of sp³-hybridized carbons (Fsp3) is 0.471. The maximum Gasteiger partial charge on any atom is 0.410 e. The molecule has 132 valence electrons. The average Bonchev–Trinajstić information content (AvgIpc) is 3.36. The van der Waals surface area contributed by atoms with Gasteiger partial charge in [-0.2, -0.15) is 5.10 Å². The Hall–Kier alpha value is -2.35. The lowest BCUT2D eigenvalue weighted by Gasteiger charge is -2.35. The monoisotopic (exact) mass is 360 g/mol. The Kier molecular flexibility index (Phi) is 4.44. The first-order chi connectivity index (χ1) is 12.2. The summed E-state index contributed by atoms with van der Waals surface area (Å²) < 4.78 is 6.70. The zero-order valence-corrected chi connectivity index (χ0v) is 14.7. The van der Waals surface area contributed by atoms with Gasteiger partial charge in [0.1, 0.15) is 18.8 Å². The maximum atomic E-state index is 12.5. The van der Waals surface area contributed by atoms with Crippen molar-refractivity contribution >= 4 is 23.3 Å². The van der Waals surface area contributed by atoms with E-state index in [1.165, 1.54) is 0 Å². The van der Waals surface area contributed by atoms with Crippen LogP contribution in [-0.4, -0.2) is 63.9 Å². The van der Waals surface area contributed by atoms with E-state index in [1.54, 1.807) is 20.9 Å². The lowest BCUT2D eigenvalue weighted by Crippen LogP contribution is -2.47. The Bertz CT molecular complexity index is 750. The minimum atomic E-state index is -0.220. The summed E-state index contributed by atoms with van der Waals surface area (Å²) in [6.45, 7) is 2.74. The maximum absolute atomic E-state index is 12.5. The molecule has 8 heteroatoms. The number of hydrogen-bond donors (Lipinski definition) is 0. The molecule has 25 heavy (non-hydrogen) atoms. The number of amides is 2. The van der Waals surface area contributed by atoms with Crippen molar-refractivity contribution in [2.24, 2.45) is 0 Å². The molecular formula is C17H20N4O3S. The van der Waals surface area contributed by atoms with E-state index in [0.29, 0.717) is 26.2 Å². The molecule has 7 nitrogen and oxygen atoms in total. The van der Waals surface area contributed by atoms with Gasteiger partial charge in [-0.25, -0.2) is 4.79 Å². The average molecular weight is 360 g/mol. The van der Waals surface area contributed by atoms with Crippen molar-refractivity contribution in [3.63, 3.8) is 0 Å². The highest BCUT2D eigenvalue weighted by atomic mass is 32.1. The van der Waals surface area contributed by atoms with Gasteiger partial charge >= 0.3 is 6.09 Å². The number of aromatic nitrogens is 2. The van der Waals surface area contributed by atoms with Crippen molar-refractivity contribution in [2.75, 3.05) is 26.2 Å². The van der Waals surface area contributed by atoms with Crippen molar-refractivity contribution in [3.05, 3.63) is 29.8 Å². The zero-order chi connectivity index (χ0) is 17.2. The molecule has 2 amide bonds. The summed E-state index contributed by atoms with van der Waals surface area (Å²) in [6, 6.07) is 6.14. The molecule has 0 bridgehead atoms. The van der Waals surface area contributed by atoms with E-state index >= 15 is 0 Å². The highest BCUT2D eigenvalue weighted by Crippen LogP contribution is 2.23. The number of carbonyl (C=O) groups is 2. The number of rotatable bonds is 4. The number of hydrogen-bond acceptors (Lipinski definition) is 5. The van der Waals surface area contributed by atoms with Crippen LogP contribution >= 0.6 is 11.3 Å². The Morgan fingerprint density at radius 2 is 2.12 bits per heavy atom. The molecule has 0 saturated carbocycles. The van der Waals surface area contributed by atoms with Crippen LogP contribution in [0.1, 0.15) is 12.8 Å². The normalized spacial score (nSPS) is 18.6. The number of ether oxygens (including phenoxy) is 1. The molecule has 0 N–H and O–H groups in total. The second-order valence-corrected chi connectivity index (χ2v) is 7.24. The summed E-state index contributed by atoms with van der Waals surface area (Å²) in [4.78, 5) is 28.9. The molecule has 2 aliphatic heterocycles. The van der Waals surface area contributed by atoms with E-state index in [-0.39, 0.29) is 24.6 Å². The third-order valence-corrected chi connectivity index (χ3v) is 5.65. The fourth-order valence-corrected chi connectivity index (χ4v) is 4.10. The molecule has 0 spiro atoms. The van der Waals surface area contributed by atoms with Crippen LogP contribution in [0, 0.1) is 0 Å². The third kappa shape index (κ3) is 3.39. The Morgan fingerprint density at radius 1 is 1.28 bits per heavy atom. The number of cyclic esters (lactones) is 1. The second kappa shape index (κ2) is 6.87.